The molecule has 2 rings (SSSR count). The van der Waals surface area contributed by atoms with Crippen LogP contribution in [0.2, 0.25) is 5.02 Å². The molecule has 0 fully saturated rings. The Bertz CT molecular complexity index is 682. The second-order valence-corrected chi connectivity index (χ2v) is 6.10. The molecule has 0 saturated carbocycles. The highest BCUT2D eigenvalue weighted by molar-refractivity contribution is 6.30. The molecule has 0 aliphatic rings. The third-order valence-corrected chi connectivity index (χ3v) is 3.94. The molecule has 25 heavy (non-hydrogen) atoms. The number of rotatable bonds is 8. The van der Waals surface area contributed by atoms with Gasteiger partial charge in [-0.1, -0.05) is 41.9 Å². The molecule has 1 N–H and O–H groups in total. The molecule has 0 atom stereocenters. The van der Waals surface area contributed by atoms with E-state index >= 15 is 0 Å². The quantitative estimate of drug-likeness (QED) is 0.674. The lowest BCUT2D eigenvalue weighted by molar-refractivity contribution is 0.182. The Morgan fingerprint density at radius 1 is 1.20 bits per heavy atom. The van der Waals surface area contributed by atoms with Crippen LogP contribution in [0.3, 0.4) is 0 Å². The van der Waals surface area contributed by atoms with Crippen molar-refractivity contribution in [2.45, 2.75) is 19.4 Å². The van der Waals surface area contributed by atoms with Crippen LogP contribution in [0.5, 0.6) is 0 Å². The maximum atomic E-state index is 13.9. The summed E-state index contributed by atoms with van der Waals surface area (Å²) in [5, 5.41) is 2.91. The van der Waals surface area contributed by atoms with Gasteiger partial charge >= 0.3 is 6.03 Å². The van der Waals surface area contributed by atoms with Crippen molar-refractivity contribution in [2.75, 3.05) is 25.6 Å². The second kappa shape index (κ2) is 10.0. The minimum Gasteiger partial charge on any atom is -0.385 e. The normalized spacial score (nSPS) is 10.5. The number of hydrogen-bond donors (Lipinski definition) is 1. The highest BCUT2D eigenvalue weighted by atomic mass is 35.5. The average Bonchev–Trinajstić information content (AvgIpc) is 2.61. The Kier molecular flexibility index (Phi) is 7.70. The fraction of sp³-hybridized carbons (Fsp3) is 0.316. The predicted octanol–water partition coefficient (Wildman–Crippen LogP) is 4.94. The summed E-state index contributed by atoms with van der Waals surface area (Å²) >= 11 is 5.75. The van der Waals surface area contributed by atoms with Gasteiger partial charge in [0.1, 0.15) is 5.82 Å². The van der Waals surface area contributed by atoms with Crippen LogP contribution in [0.15, 0.2) is 48.5 Å². The predicted molar refractivity (Wildman–Crippen MR) is 98.4 cm³/mol. The van der Waals surface area contributed by atoms with Gasteiger partial charge in [0.2, 0.25) is 0 Å². The number of ether oxygens (including phenoxy) is 1. The van der Waals surface area contributed by atoms with Gasteiger partial charge in [-0.05, 0) is 36.6 Å². The van der Waals surface area contributed by atoms with E-state index in [0.717, 1.165) is 18.4 Å². The SMILES string of the molecule is COCCCCN(Cc1ccccc1)C(=O)Nc1ccc(Cl)cc1F. The molecule has 2 amide bonds. The minimum absolute atomic E-state index is 0.115. The van der Waals surface area contributed by atoms with Gasteiger partial charge in [-0.15, -0.1) is 0 Å². The summed E-state index contributed by atoms with van der Waals surface area (Å²) in [6.45, 7) is 1.65. The lowest BCUT2D eigenvalue weighted by Crippen LogP contribution is -2.35. The van der Waals surface area contributed by atoms with Crippen molar-refractivity contribution in [2.24, 2.45) is 0 Å². The Balaban J connectivity index is 2.05. The Hall–Kier alpha value is -2.11. The van der Waals surface area contributed by atoms with Crippen LogP contribution in [0.25, 0.3) is 0 Å². The van der Waals surface area contributed by atoms with E-state index in [-0.39, 0.29) is 16.7 Å². The molecule has 0 aliphatic heterocycles. The first kappa shape index (κ1) is 19.2. The third-order valence-electron chi connectivity index (χ3n) is 3.70. The summed E-state index contributed by atoms with van der Waals surface area (Å²) < 4.78 is 19.0. The van der Waals surface area contributed by atoms with Crippen molar-refractivity contribution in [3.63, 3.8) is 0 Å². The number of nitrogens with zero attached hydrogens (tertiary/aromatic N) is 1. The number of unbranched alkanes of at least 4 members (excludes halogenated alkanes) is 1. The summed E-state index contributed by atoms with van der Waals surface area (Å²) in [7, 11) is 1.65. The molecule has 0 saturated heterocycles. The molecule has 0 aliphatic carbocycles. The van der Waals surface area contributed by atoms with Crippen LogP contribution >= 0.6 is 11.6 Å². The van der Waals surface area contributed by atoms with E-state index in [9.17, 15) is 9.18 Å². The van der Waals surface area contributed by atoms with Gasteiger partial charge in [-0.25, -0.2) is 9.18 Å². The number of halogens is 2. The van der Waals surface area contributed by atoms with Crippen LogP contribution in [0.4, 0.5) is 14.9 Å². The number of hydrogen-bond acceptors (Lipinski definition) is 2. The number of amides is 2. The topological polar surface area (TPSA) is 41.6 Å². The first-order valence-electron chi connectivity index (χ1n) is 8.14. The van der Waals surface area contributed by atoms with Crippen molar-refractivity contribution in [1.82, 2.24) is 4.90 Å². The first-order valence-corrected chi connectivity index (χ1v) is 8.52. The van der Waals surface area contributed by atoms with E-state index in [1.807, 2.05) is 30.3 Å². The summed E-state index contributed by atoms with van der Waals surface area (Å²) in [4.78, 5) is 14.3. The smallest absolute Gasteiger partial charge is 0.322 e. The molecule has 4 nitrogen and oxygen atoms in total. The van der Waals surface area contributed by atoms with Crippen LogP contribution in [0, 0.1) is 5.82 Å². The number of anilines is 1. The van der Waals surface area contributed by atoms with Gasteiger partial charge in [-0.2, -0.15) is 0 Å². The molecule has 0 aromatic heterocycles. The number of methoxy groups -OCH3 is 1. The van der Waals surface area contributed by atoms with Gasteiger partial charge in [0.25, 0.3) is 0 Å². The van der Waals surface area contributed by atoms with E-state index in [4.69, 9.17) is 16.3 Å². The van der Waals surface area contributed by atoms with Crippen molar-refractivity contribution < 1.29 is 13.9 Å². The number of nitrogens with one attached hydrogen (secondary N) is 1. The molecule has 0 spiro atoms. The summed E-state index contributed by atoms with van der Waals surface area (Å²) in [5.74, 6) is -0.556. The number of carbonyl (C=O) groups excluding carboxylic acids is 1. The van der Waals surface area contributed by atoms with E-state index in [1.165, 1.54) is 12.1 Å². The average molecular weight is 365 g/mol. The number of benzene rings is 2. The fourth-order valence-electron chi connectivity index (χ4n) is 2.39. The van der Waals surface area contributed by atoms with Gasteiger partial charge in [0.05, 0.1) is 5.69 Å². The molecule has 0 heterocycles. The molecular formula is C19H22ClFN2O2. The van der Waals surface area contributed by atoms with Crippen molar-refractivity contribution in [3.05, 3.63) is 64.9 Å². The lowest BCUT2D eigenvalue weighted by Gasteiger charge is -2.23. The monoisotopic (exact) mass is 364 g/mol. The van der Waals surface area contributed by atoms with Crippen molar-refractivity contribution in [1.29, 1.82) is 0 Å². The van der Waals surface area contributed by atoms with Gasteiger partial charge in [0, 0.05) is 31.8 Å². The number of carbonyl (C=O) groups is 1. The molecule has 6 heteroatoms. The minimum atomic E-state index is -0.556. The van der Waals surface area contributed by atoms with Crippen LogP contribution in [-0.4, -0.2) is 31.2 Å². The molecule has 0 unspecified atom stereocenters. The largest absolute Gasteiger partial charge is 0.385 e. The van der Waals surface area contributed by atoms with Crippen LogP contribution in [-0.2, 0) is 11.3 Å². The zero-order chi connectivity index (χ0) is 18.1. The summed E-state index contributed by atoms with van der Waals surface area (Å²) in [6.07, 6.45) is 1.65. The van der Waals surface area contributed by atoms with E-state index < -0.39 is 5.82 Å². The maximum Gasteiger partial charge on any atom is 0.322 e. The second-order valence-electron chi connectivity index (χ2n) is 5.66. The summed E-state index contributed by atoms with van der Waals surface area (Å²) in [6, 6.07) is 13.5. The molecule has 2 aromatic carbocycles. The highest BCUT2D eigenvalue weighted by Gasteiger charge is 2.15. The van der Waals surface area contributed by atoms with Gasteiger partial charge in [0.15, 0.2) is 0 Å². The van der Waals surface area contributed by atoms with Crippen molar-refractivity contribution in [3.8, 4) is 0 Å². The first-order chi connectivity index (χ1) is 12.1. The molecule has 0 bridgehead atoms. The van der Waals surface area contributed by atoms with E-state index in [0.29, 0.717) is 19.7 Å². The standard InChI is InChI=1S/C19H22ClFN2O2/c1-25-12-6-5-11-23(14-15-7-3-2-4-8-15)19(24)22-18-10-9-16(20)13-17(18)21/h2-4,7-10,13H,5-6,11-12,14H2,1H3,(H,22,24). The van der Waals surface area contributed by atoms with Gasteiger partial charge < -0.3 is 15.0 Å². The van der Waals surface area contributed by atoms with Crippen molar-refractivity contribution >= 4 is 23.3 Å². The molecule has 2 aromatic rings. The van der Waals surface area contributed by atoms with Crippen LogP contribution < -0.4 is 5.32 Å². The molecule has 0 radical (unpaired) electrons. The van der Waals surface area contributed by atoms with E-state index in [1.54, 1.807) is 18.1 Å². The fourth-order valence-corrected chi connectivity index (χ4v) is 2.55. The lowest BCUT2D eigenvalue weighted by atomic mass is 10.2. The Labute approximate surface area is 152 Å². The Morgan fingerprint density at radius 2 is 1.96 bits per heavy atom. The maximum absolute atomic E-state index is 13.9. The zero-order valence-corrected chi connectivity index (χ0v) is 14.9. The Morgan fingerprint density at radius 3 is 2.64 bits per heavy atom. The van der Waals surface area contributed by atoms with Crippen LogP contribution in [0.1, 0.15) is 18.4 Å². The molecule has 134 valence electrons. The van der Waals surface area contributed by atoms with Gasteiger partial charge in [-0.3, -0.25) is 0 Å². The zero-order valence-electron chi connectivity index (χ0n) is 14.2. The number of urea groups is 1. The third kappa shape index (κ3) is 6.36. The van der Waals surface area contributed by atoms with E-state index in [2.05, 4.69) is 5.32 Å². The highest BCUT2D eigenvalue weighted by Crippen LogP contribution is 2.19. The molecular weight excluding hydrogens is 343 g/mol. The summed E-state index contributed by atoms with van der Waals surface area (Å²) in [5.41, 5.74) is 1.13.